The number of nitrogens with two attached hydrogens (primary N) is 1. The Morgan fingerprint density at radius 1 is 1.15 bits per heavy atom. The molecule has 12 heteroatoms. The molecule has 12 nitrogen and oxygen atoms in total. The molecule has 3 atom stereocenters. The number of hydrogen-bond donors (Lipinski definition) is 7. The minimum absolute atomic E-state index is 0.164. The Kier molecular flexibility index (Phi) is 9.16. The van der Waals surface area contributed by atoms with Crippen molar-refractivity contribution in [3.05, 3.63) is 0 Å². The predicted octanol–water partition coefficient (Wildman–Crippen LogP) is -3.83. The van der Waals surface area contributed by atoms with Gasteiger partial charge in [0, 0.05) is 6.42 Å². The minimum Gasteiger partial charge on any atom is -0.480 e. The lowest BCUT2D eigenvalue weighted by Crippen LogP contribution is -2.54. The molecule has 0 aromatic heterocycles. The van der Waals surface area contributed by atoms with Crippen LogP contribution < -0.4 is 27.0 Å². The van der Waals surface area contributed by atoms with Gasteiger partial charge in [0.1, 0.15) is 12.1 Å². The lowest BCUT2D eigenvalue weighted by Gasteiger charge is -2.20. The SMILES string of the molecule is NC(=O)CCC(NC(=O)CNC(=O)C1CCCN1)C(=O)NC(CO)C(=O)O. The number of aliphatic hydroxyl groups is 1. The van der Waals surface area contributed by atoms with Crippen LogP contribution >= 0.6 is 0 Å². The van der Waals surface area contributed by atoms with Gasteiger partial charge in [-0.15, -0.1) is 0 Å². The molecule has 1 saturated heterocycles. The van der Waals surface area contributed by atoms with Crippen LogP contribution in [0, 0.1) is 0 Å². The summed E-state index contributed by atoms with van der Waals surface area (Å²) < 4.78 is 0. The predicted molar refractivity (Wildman–Crippen MR) is 91.0 cm³/mol. The molecule has 0 spiro atoms. The van der Waals surface area contributed by atoms with Gasteiger partial charge in [-0.1, -0.05) is 0 Å². The molecule has 1 aliphatic heterocycles. The van der Waals surface area contributed by atoms with Crippen molar-refractivity contribution >= 4 is 29.6 Å². The van der Waals surface area contributed by atoms with Crippen molar-refractivity contribution in [3.8, 4) is 0 Å². The van der Waals surface area contributed by atoms with Crippen molar-refractivity contribution in [2.24, 2.45) is 5.73 Å². The maximum Gasteiger partial charge on any atom is 0.328 e. The molecule has 1 heterocycles. The summed E-state index contributed by atoms with van der Waals surface area (Å²) in [5.41, 5.74) is 5.03. The van der Waals surface area contributed by atoms with Gasteiger partial charge >= 0.3 is 5.97 Å². The number of carbonyl (C=O) groups is 5. The van der Waals surface area contributed by atoms with Crippen molar-refractivity contribution in [1.29, 1.82) is 0 Å². The highest BCUT2D eigenvalue weighted by molar-refractivity contribution is 5.92. The molecule has 4 amide bonds. The van der Waals surface area contributed by atoms with Gasteiger partial charge in [0.2, 0.25) is 23.6 Å². The quantitative estimate of drug-likeness (QED) is 0.187. The van der Waals surface area contributed by atoms with E-state index in [9.17, 15) is 24.0 Å². The molecular formula is C15H25N5O7. The summed E-state index contributed by atoms with van der Waals surface area (Å²) in [6.45, 7) is -0.517. The Balaban J connectivity index is 2.59. The number of nitrogens with one attached hydrogen (secondary N) is 4. The largest absolute Gasteiger partial charge is 0.480 e. The molecule has 1 fully saturated rings. The maximum absolute atomic E-state index is 12.2. The van der Waals surface area contributed by atoms with Crippen LogP contribution in [0.5, 0.6) is 0 Å². The fourth-order valence-electron chi connectivity index (χ4n) is 2.46. The van der Waals surface area contributed by atoms with Crippen molar-refractivity contribution in [1.82, 2.24) is 21.3 Å². The Morgan fingerprint density at radius 2 is 1.85 bits per heavy atom. The van der Waals surface area contributed by atoms with Gasteiger partial charge in [-0.25, -0.2) is 4.79 Å². The third kappa shape index (κ3) is 8.00. The van der Waals surface area contributed by atoms with E-state index in [1.807, 2.05) is 0 Å². The summed E-state index contributed by atoms with van der Waals surface area (Å²) in [6, 6.07) is -3.17. The third-order valence-electron chi connectivity index (χ3n) is 3.93. The number of amides is 4. The van der Waals surface area contributed by atoms with E-state index in [1.165, 1.54) is 0 Å². The topological polar surface area (TPSA) is 200 Å². The van der Waals surface area contributed by atoms with Crippen LogP contribution in [-0.2, 0) is 24.0 Å². The fourth-order valence-corrected chi connectivity index (χ4v) is 2.46. The fraction of sp³-hybridized carbons (Fsp3) is 0.667. The van der Waals surface area contributed by atoms with Gasteiger partial charge in [0.05, 0.1) is 19.2 Å². The molecule has 0 aromatic carbocycles. The van der Waals surface area contributed by atoms with E-state index in [2.05, 4.69) is 21.3 Å². The minimum atomic E-state index is -1.56. The van der Waals surface area contributed by atoms with Crippen LogP contribution in [0.25, 0.3) is 0 Å². The molecule has 152 valence electrons. The van der Waals surface area contributed by atoms with E-state index in [-0.39, 0.29) is 31.3 Å². The average Bonchev–Trinajstić information content (AvgIpc) is 3.15. The molecule has 1 aliphatic rings. The molecule has 0 radical (unpaired) electrons. The first-order valence-corrected chi connectivity index (χ1v) is 8.47. The zero-order valence-corrected chi connectivity index (χ0v) is 14.7. The Labute approximate surface area is 155 Å². The molecular weight excluding hydrogens is 362 g/mol. The number of carboxylic acid groups (broad SMARTS) is 1. The van der Waals surface area contributed by atoms with Crippen molar-refractivity contribution in [2.45, 2.75) is 43.8 Å². The van der Waals surface area contributed by atoms with Crippen molar-refractivity contribution in [3.63, 3.8) is 0 Å². The number of carbonyl (C=O) groups excluding carboxylic acids is 4. The van der Waals surface area contributed by atoms with Crippen LogP contribution in [0.2, 0.25) is 0 Å². The van der Waals surface area contributed by atoms with Gasteiger partial charge < -0.3 is 37.2 Å². The molecule has 8 N–H and O–H groups in total. The van der Waals surface area contributed by atoms with Crippen LogP contribution in [0.15, 0.2) is 0 Å². The summed E-state index contributed by atoms with van der Waals surface area (Å²) in [5.74, 6) is -4.09. The van der Waals surface area contributed by atoms with E-state index >= 15 is 0 Å². The van der Waals surface area contributed by atoms with E-state index < -0.39 is 42.4 Å². The summed E-state index contributed by atoms with van der Waals surface area (Å²) in [4.78, 5) is 57.9. The molecule has 3 unspecified atom stereocenters. The van der Waals surface area contributed by atoms with Crippen LogP contribution in [-0.4, -0.2) is 77.6 Å². The van der Waals surface area contributed by atoms with E-state index in [0.717, 1.165) is 13.0 Å². The van der Waals surface area contributed by atoms with E-state index in [4.69, 9.17) is 15.9 Å². The maximum atomic E-state index is 12.2. The normalized spacial score (nSPS) is 18.2. The highest BCUT2D eigenvalue weighted by atomic mass is 16.4. The molecule has 27 heavy (non-hydrogen) atoms. The molecule has 0 aliphatic carbocycles. The first-order valence-electron chi connectivity index (χ1n) is 8.47. The second-order valence-electron chi connectivity index (χ2n) is 6.07. The molecule has 0 bridgehead atoms. The standard InChI is InChI=1S/C15H25N5O7/c16-11(22)4-3-9(14(25)20-10(7-21)15(26)27)19-12(23)6-18-13(24)8-2-1-5-17-8/h8-10,17,21H,1-7H2,(H2,16,22)(H,18,24)(H,19,23)(H,20,25)(H,26,27). The van der Waals surface area contributed by atoms with E-state index in [1.54, 1.807) is 0 Å². The van der Waals surface area contributed by atoms with Gasteiger partial charge in [0.15, 0.2) is 0 Å². The number of aliphatic hydroxyl groups excluding tert-OH is 1. The van der Waals surface area contributed by atoms with Crippen LogP contribution in [0.3, 0.4) is 0 Å². The van der Waals surface area contributed by atoms with Gasteiger partial charge in [-0.05, 0) is 25.8 Å². The molecule has 0 aromatic rings. The number of hydrogen-bond acceptors (Lipinski definition) is 7. The number of rotatable bonds is 11. The van der Waals surface area contributed by atoms with Crippen molar-refractivity contribution < 1.29 is 34.2 Å². The summed E-state index contributed by atoms with van der Waals surface area (Å²) in [6.07, 6.45) is 1.13. The Hall–Kier alpha value is -2.73. The third-order valence-corrected chi connectivity index (χ3v) is 3.93. The second-order valence-corrected chi connectivity index (χ2v) is 6.07. The first kappa shape index (κ1) is 22.3. The summed E-state index contributed by atoms with van der Waals surface area (Å²) in [7, 11) is 0. The van der Waals surface area contributed by atoms with Crippen LogP contribution in [0.4, 0.5) is 0 Å². The lowest BCUT2D eigenvalue weighted by atomic mass is 10.1. The average molecular weight is 387 g/mol. The number of carboxylic acids is 1. The Bertz CT molecular complexity index is 577. The molecule has 1 rings (SSSR count). The zero-order chi connectivity index (χ0) is 20.4. The van der Waals surface area contributed by atoms with Crippen molar-refractivity contribution in [2.75, 3.05) is 19.7 Å². The summed E-state index contributed by atoms with van der Waals surface area (Å²) in [5, 5.41) is 27.6. The molecule has 0 saturated carbocycles. The smallest absolute Gasteiger partial charge is 0.328 e. The lowest BCUT2D eigenvalue weighted by molar-refractivity contribution is -0.143. The van der Waals surface area contributed by atoms with E-state index in [0.29, 0.717) is 6.42 Å². The van der Waals surface area contributed by atoms with Gasteiger partial charge in [0.25, 0.3) is 0 Å². The highest BCUT2D eigenvalue weighted by Gasteiger charge is 2.27. The Morgan fingerprint density at radius 3 is 2.37 bits per heavy atom. The monoisotopic (exact) mass is 387 g/mol. The van der Waals surface area contributed by atoms with Crippen LogP contribution in [0.1, 0.15) is 25.7 Å². The van der Waals surface area contributed by atoms with Gasteiger partial charge in [-0.3, -0.25) is 19.2 Å². The first-order chi connectivity index (χ1) is 12.7. The number of aliphatic carboxylic acids is 1. The van der Waals surface area contributed by atoms with Gasteiger partial charge in [-0.2, -0.15) is 0 Å². The zero-order valence-electron chi connectivity index (χ0n) is 14.7. The summed E-state index contributed by atoms with van der Waals surface area (Å²) >= 11 is 0. The highest BCUT2D eigenvalue weighted by Crippen LogP contribution is 2.04. The number of primary amides is 1. The second kappa shape index (κ2) is 11.1.